The number of imide groups is 1. The summed E-state index contributed by atoms with van der Waals surface area (Å²) in [4.78, 5) is 66.2. The number of aromatic nitrogens is 2. The summed E-state index contributed by atoms with van der Waals surface area (Å²) in [5.41, 5.74) is 5.52. The molecule has 0 radical (unpaired) electrons. The Kier molecular flexibility index (Phi) is 8.91. The summed E-state index contributed by atoms with van der Waals surface area (Å²) in [6.07, 6.45) is -1.16. The number of quaternary nitrogens is 1. The summed E-state index contributed by atoms with van der Waals surface area (Å²) in [6, 6.07) is 15.7. The number of nitrogens with zero attached hydrogens (tertiary/aromatic N) is 3. The van der Waals surface area contributed by atoms with Crippen LogP contribution in [0.2, 0.25) is 0 Å². The SMILES string of the molecule is O=C([O-])CC(NC(=O)C[N+]1(CCCNn2cnc3ccccc32)C(=O)CNC1=O)NC(=O)OCc1ccccc1. The molecule has 2 aromatic carbocycles. The highest BCUT2D eigenvalue weighted by Gasteiger charge is 2.51. The molecule has 1 fully saturated rings. The Bertz CT molecular complexity index is 1380. The zero-order valence-corrected chi connectivity index (χ0v) is 21.5. The Balaban J connectivity index is 1.34. The van der Waals surface area contributed by atoms with Crippen molar-refractivity contribution in [1.82, 2.24) is 25.6 Å². The second-order valence-electron chi connectivity index (χ2n) is 9.17. The summed E-state index contributed by atoms with van der Waals surface area (Å²) in [7, 11) is 0. The van der Waals surface area contributed by atoms with E-state index in [1.165, 1.54) is 0 Å². The Labute approximate surface area is 228 Å². The van der Waals surface area contributed by atoms with E-state index in [4.69, 9.17) is 4.74 Å². The van der Waals surface area contributed by atoms with Crippen LogP contribution in [0.15, 0.2) is 60.9 Å². The first-order valence-corrected chi connectivity index (χ1v) is 12.6. The average molecular weight is 552 g/mol. The van der Waals surface area contributed by atoms with Crippen LogP contribution in [0.5, 0.6) is 0 Å². The largest absolute Gasteiger partial charge is 0.550 e. The van der Waals surface area contributed by atoms with Gasteiger partial charge in [-0.3, -0.25) is 10.1 Å². The van der Waals surface area contributed by atoms with Crippen LogP contribution in [0, 0.1) is 0 Å². The van der Waals surface area contributed by atoms with E-state index in [0.717, 1.165) is 11.0 Å². The van der Waals surface area contributed by atoms with Gasteiger partial charge in [0.05, 0.1) is 17.6 Å². The molecule has 5 amide bonds. The molecule has 2 atom stereocenters. The van der Waals surface area contributed by atoms with Gasteiger partial charge in [0, 0.05) is 25.4 Å². The zero-order chi connectivity index (χ0) is 28.5. The molecule has 4 rings (SSSR count). The Morgan fingerprint density at radius 2 is 1.82 bits per heavy atom. The smallest absolute Gasteiger partial charge is 0.425 e. The van der Waals surface area contributed by atoms with Crippen LogP contribution < -0.4 is 26.5 Å². The maximum atomic E-state index is 12.9. The Morgan fingerprint density at radius 1 is 1.07 bits per heavy atom. The van der Waals surface area contributed by atoms with E-state index >= 15 is 0 Å². The number of carbonyl (C=O) groups excluding carboxylic acids is 5. The van der Waals surface area contributed by atoms with Crippen LogP contribution >= 0.6 is 0 Å². The lowest BCUT2D eigenvalue weighted by Gasteiger charge is -2.28. The lowest BCUT2D eigenvalue weighted by Crippen LogP contribution is -2.61. The number of aliphatic carboxylic acids is 1. The number of carboxylic acid groups (broad SMARTS) is 1. The number of hydrogen-bond acceptors (Lipinski definition) is 9. The number of rotatable bonds is 13. The predicted octanol–water partition coefficient (Wildman–Crippen LogP) is -0.455. The van der Waals surface area contributed by atoms with Crippen LogP contribution in [0.25, 0.3) is 11.0 Å². The highest BCUT2D eigenvalue weighted by molar-refractivity contribution is 5.94. The van der Waals surface area contributed by atoms with E-state index in [-0.39, 0.29) is 19.7 Å². The fraction of sp³-hybridized carbons (Fsp3) is 0.308. The first-order chi connectivity index (χ1) is 19.3. The normalized spacial score (nSPS) is 17.2. The first kappa shape index (κ1) is 28.0. The number of carbonyl (C=O) groups is 5. The van der Waals surface area contributed by atoms with Gasteiger partial charge >= 0.3 is 18.0 Å². The maximum Gasteiger partial charge on any atom is 0.425 e. The van der Waals surface area contributed by atoms with Gasteiger partial charge in [-0.05, 0) is 17.7 Å². The number of imidazole rings is 1. The van der Waals surface area contributed by atoms with Crippen LogP contribution in [0.1, 0.15) is 18.4 Å². The maximum absolute atomic E-state index is 12.9. The van der Waals surface area contributed by atoms with Crippen molar-refractivity contribution in [1.29, 1.82) is 0 Å². The Hall–Kier alpha value is -4.98. The summed E-state index contributed by atoms with van der Waals surface area (Å²) in [5, 5.41) is 18.3. The molecule has 4 N–H and O–H groups in total. The monoisotopic (exact) mass is 551 g/mol. The number of nitrogens with one attached hydrogen (secondary N) is 4. The molecule has 1 aliphatic heterocycles. The molecule has 40 heavy (non-hydrogen) atoms. The number of hydrogen-bond donors (Lipinski definition) is 4. The number of carboxylic acids is 1. The first-order valence-electron chi connectivity index (χ1n) is 12.6. The molecule has 0 aliphatic carbocycles. The van der Waals surface area contributed by atoms with E-state index in [2.05, 4.69) is 26.4 Å². The number of ether oxygens (including phenoxy) is 1. The third-order valence-corrected chi connectivity index (χ3v) is 6.33. The molecule has 0 spiro atoms. The van der Waals surface area contributed by atoms with Crippen LogP contribution in [0.3, 0.4) is 0 Å². The molecule has 0 saturated carbocycles. The molecule has 0 bridgehead atoms. The summed E-state index contributed by atoms with van der Waals surface area (Å²) < 4.78 is 6.01. The third-order valence-electron chi connectivity index (χ3n) is 6.33. The zero-order valence-electron chi connectivity index (χ0n) is 21.5. The molecule has 1 aliphatic rings. The van der Waals surface area contributed by atoms with Gasteiger partial charge in [-0.2, -0.15) is 4.48 Å². The Morgan fingerprint density at radius 3 is 2.55 bits per heavy atom. The van der Waals surface area contributed by atoms with Crippen molar-refractivity contribution in [2.45, 2.75) is 25.6 Å². The van der Waals surface area contributed by atoms with Crippen molar-refractivity contribution in [2.75, 3.05) is 31.6 Å². The van der Waals surface area contributed by atoms with Crippen molar-refractivity contribution in [3.8, 4) is 0 Å². The molecule has 1 aromatic heterocycles. The van der Waals surface area contributed by atoms with Crippen molar-refractivity contribution in [3.05, 3.63) is 66.5 Å². The fourth-order valence-electron chi connectivity index (χ4n) is 4.36. The van der Waals surface area contributed by atoms with Crippen molar-refractivity contribution in [2.24, 2.45) is 0 Å². The molecule has 1 saturated heterocycles. The average Bonchev–Trinajstić information content (AvgIpc) is 3.46. The van der Waals surface area contributed by atoms with Gasteiger partial charge in [0.2, 0.25) is 0 Å². The predicted molar refractivity (Wildman–Crippen MR) is 138 cm³/mol. The van der Waals surface area contributed by atoms with E-state index < -0.39 is 53.5 Å². The van der Waals surface area contributed by atoms with Crippen molar-refractivity contribution in [3.63, 3.8) is 0 Å². The summed E-state index contributed by atoms with van der Waals surface area (Å²) in [5.74, 6) is -2.85. The van der Waals surface area contributed by atoms with Crippen LogP contribution in [-0.2, 0) is 25.7 Å². The number of alkyl carbamates (subject to hydrolysis) is 1. The number of urea groups is 1. The molecule has 2 unspecified atom stereocenters. The molecule has 3 aromatic rings. The number of amides is 5. The van der Waals surface area contributed by atoms with E-state index in [1.807, 2.05) is 24.3 Å². The second-order valence-corrected chi connectivity index (χ2v) is 9.17. The van der Waals surface area contributed by atoms with Gasteiger partial charge in [0.15, 0.2) is 6.54 Å². The molecule has 2 heterocycles. The minimum absolute atomic E-state index is 0.00934. The highest BCUT2D eigenvalue weighted by Crippen LogP contribution is 2.16. The molecular formula is C26H29N7O7. The third kappa shape index (κ3) is 6.91. The number of benzene rings is 2. The van der Waals surface area contributed by atoms with Gasteiger partial charge in [-0.25, -0.2) is 24.0 Å². The van der Waals surface area contributed by atoms with E-state index in [1.54, 1.807) is 41.3 Å². The lowest BCUT2D eigenvalue weighted by molar-refractivity contribution is -0.758. The topological polar surface area (TPSA) is 184 Å². The fourth-order valence-corrected chi connectivity index (χ4v) is 4.36. The van der Waals surface area contributed by atoms with E-state index in [9.17, 15) is 29.1 Å². The minimum atomic E-state index is -1.54. The summed E-state index contributed by atoms with van der Waals surface area (Å²) in [6.45, 7) is -0.516. The second kappa shape index (κ2) is 12.7. The quantitative estimate of drug-likeness (QED) is 0.0945. The molecule has 210 valence electrons. The van der Waals surface area contributed by atoms with Gasteiger partial charge in [-0.1, -0.05) is 42.5 Å². The van der Waals surface area contributed by atoms with Gasteiger partial charge in [-0.15, -0.1) is 0 Å². The summed E-state index contributed by atoms with van der Waals surface area (Å²) >= 11 is 0. The van der Waals surface area contributed by atoms with E-state index in [0.29, 0.717) is 18.5 Å². The van der Waals surface area contributed by atoms with Crippen molar-refractivity contribution < 1.29 is 38.3 Å². The number of fused-ring (bicyclic) bond motifs is 1. The van der Waals surface area contributed by atoms with Gasteiger partial charge in [0.25, 0.3) is 5.91 Å². The van der Waals surface area contributed by atoms with Crippen LogP contribution in [-0.4, -0.2) is 76.4 Å². The van der Waals surface area contributed by atoms with Crippen LogP contribution in [0.4, 0.5) is 9.59 Å². The van der Waals surface area contributed by atoms with Gasteiger partial charge in [0.1, 0.15) is 25.6 Å². The molecule has 14 nitrogen and oxygen atoms in total. The standard InChI is InChI=1S/C26H29N7O7/c34-22(30-21(13-24(36)37)31-26(39)40-16-18-7-2-1-3-8-18)15-33(23(35)14-27-25(33)38)12-6-11-29-32-17-28-19-9-4-5-10-20(19)32/h1-5,7-10,17,21,29H,6,11-16H2,(H3-,27,30,31,34,36,37,38,39). The van der Waals surface area contributed by atoms with Crippen molar-refractivity contribution >= 4 is 40.9 Å². The molecular weight excluding hydrogens is 522 g/mol. The molecule has 14 heteroatoms. The highest BCUT2D eigenvalue weighted by atomic mass is 16.5. The minimum Gasteiger partial charge on any atom is -0.550 e. The number of para-hydroxylation sites is 2. The van der Waals surface area contributed by atoms with Gasteiger partial charge < -0.3 is 30.7 Å². The lowest BCUT2D eigenvalue weighted by atomic mass is 10.2.